The number of hydrogen-bond donors (Lipinski definition) is 1. The van der Waals surface area contributed by atoms with Crippen LogP contribution in [0.2, 0.25) is 5.15 Å². The van der Waals surface area contributed by atoms with Crippen molar-refractivity contribution in [3.8, 4) is 0 Å². The second kappa shape index (κ2) is 6.33. The van der Waals surface area contributed by atoms with Gasteiger partial charge in [0.25, 0.3) is 0 Å². The molecule has 0 saturated carbocycles. The van der Waals surface area contributed by atoms with Crippen LogP contribution in [0.5, 0.6) is 0 Å². The van der Waals surface area contributed by atoms with Crippen LogP contribution in [0, 0.1) is 13.8 Å². The van der Waals surface area contributed by atoms with E-state index in [1.165, 1.54) is 5.56 Å². The first-order chi connectivity index (χ1) is 9.95. The maximum Gasteiger partial charge on any atom is 0.328 e. The molecule has 0 unspecified atom stereocenters. The Hall–Kier alpha value is -1.78. The van der Waals surface area contributed by atoms with Crippen molar-refractivity contribution in [1.82, 2.24) is 4.57 Å². The predicted octanol–water partition coefficient (Wildman–Crippen LogP) is 3.66. The van der Waals surface area contributed by atoms with Gasteiger partial charge >= 0.3 is 5.97 Å². The van der Waals surface area contributed by atoms with Gasteiger partial charge < -0.3 is 14.4 Å². The summed E-state index contributed by atoms with van der Waals surface area (Å²) in [5.74, 6) is -0.993. The van der Waals surface area contributed by atoms with Crippen LogP contribution in [0.25, 0.3) is 17.0 Å². The van der Waals surface area contributed by atoms with E-state index < -0.39 is 5.97 Å². The van der Waals surface area contributed by atoms with Crippen LogP contribution in [-0.4, -0.2) is 29.4 Å². The van der Waals surface area contributed by atoms with E-state index in [1.54, 1.807) is 13.2 Å². The summed E-state index contributed by atoms with van der Waals surface area (Å²) >= 11 is 6.44. The Morgan fingerprint density at radius 3 is 2.67 bits per heavy atom. The van der Waals surface area contributed by atoms with Crippen molar-refractivity contribution in [3.05, 3.63) is 40.1 Å². The number of hydrogen-bond acceptors (Lipinski definition) is 2. The molecule has 21 heavy (non-hydrogen) atoms. The highest BCUT2D eigenvalue weighted by Crippen LogP contribution is 2.33. The first kappa shape index (κ1) is 15.6. The zero-order valence-corrected chi connectivity index (χ0v) is 13.1. The molecule has 0 aliphatic rings. The Bertz CT molecular complexity index is 716. The molecule has 0 amide bonds. The van der Waals surface area contributed by atoms with Crippen molar-refractivity contribution in [2.45, 2.75) is 20.4 Å². The van der Waals surface area contributed by atoms with E-state index in [0.717, 1.165) is 28.1 Å². The van der Waals surface area contributed by atoms with Crippen molar-refractivity contribution >= 4 is 34.5 Å². The number of nitrogens with zero attached hydrogens (tertiary/aromatic N) is 1. The molecule has 0 fully saturated rings. The number of fused-ring (bicyclic) bond motifs is 1. The van der Waals surface area contributed by atoms with Crippen LogP contribution in [-0.2, 0) is 16.1 Å². The maximum absolute atomic E-state index is 10.8. The molecule has 2 aromatic rings. The molecule has 0 spiro atoms. The Balaban J connectivity index is 2.69. The molecule has 1 heterocycles. The van der Waals surface area contributed by atoms with Gasteiger partial charge in [0, 0.05) is 30.7 Å². The van der Waals surface area contributed by atoms with Gasteiger partial charge in [-0.25, -0.2) is 4.79 Å². The highest BCUT2D eigenvalue weighted by Gasteiger charge is 2.15. The molecule has 0 saturated heterocycles. The third-order valence-corrected chi connectivity index (χ3v) is 3.97. The predicted molar refractivity (Wildman–Crippen MR) is 85.0 cm³/mol. The van der Waals surface area contributed by atoms with E-state index >= 15 is 0 Å². The Morgan fingerprint density at radius 2 is 2.05 bits per heavy atom. The minimum absolute atomic E-state index is 0.532. The molecular weight excluding hydrogens is 290 g/mol. The third-order valence-electron chi connectivity index (χ3n) is 3.56. The molecule has 0 aliphatic carbocycles. The van der Waals surface area contributed by atoms with Crippen LogP contribution < -0.4 is 0 Å². The molecule has 0 aliphatic heterocycles. The normalized spacial score (nSPS) is 11.6. The van der Waals surface area contributed by atoms with E-state index in [9.17, 15) is 4.79 Å². The van der Waals surface area contributed by atoms with Crippen molar-refractivity contribution in [1.29, 1.82) is 0 Å². The van der Waals surface area contributed by atoms with Gasteiger partial charge in [-0.2, -0.15) is 0 Å². The number of carboxylic acids is 1. The van der Waals surface area contributed by atoms with E-state index in [-0.39, 0.29) is 0 Å². The number of carbonyl (C=O) groups is 1. The molecule has 2 rings (SSSR count). The molecule has 0 atom stereocenters. The topological polar surface area (TPSA) is 51.5 Å². The number of aliphatic carboxylic acids is 1. The van der Waals surface area contributed by atoms with Crippen LogP contribution in [0.3, 0.4) is 0 Å². The summed E-state index contributed by atoms with van der Waals surface area (Å²) in [6.45, 7) is 5.23. The van der Waals surface area contributed by atoms with Crippen LogP contribution in [0.15, 0.2) is 18.2 Å². The van der Waals surface area contributed by atoms with E-state index in [1.807, 2.05) is 24.5 Å². The number of rotatable bonds is 5. The number of aromatic nitrogens is 1. The number of carboxylic acid groups (broad SMARTS) is 1. The Kier molecular flexibility index (Phi) is 4.70. The van der Waals surface area contributed by atoms with Gasteiger partial charge in [-0.05, 0) is 43.2 Å². The van der Waals surface area contributed by atoms with Gasteiger partial charge in [0.05, 0.1) is 12.1 Å². The molecule has 4 nitrogen and oxygen atoms in total. The quantitative estimate of drug-likeness (QED) is 0.858. The zero-order chi connectivity index (χ0) is 15.6. The molecule has 1 aromatic heterocycles. The average Bonchev–Trinajstić information content (AvgIpc) is 2.66. The first-order valence-electron chi connectivity index (χ1n) is 6.64. The molecule has 1 N–H and O–H groups in total. The molecule has 1 aromatic carbocycles. The Morgan fingerprint density at radius 1 is 1.38 bits per heavy atom. The van der Waals surface area contributed by atoms with Gasteiger partial charge in [-0.1, -0.05) is 11.6 Å². The van der Waals surface area contributed by atoms with Crippen LogP contribution in [0.1, 0.15) is 16.7 Å². The lowest BCUT2D eigenvalue weighted by Crippen LogP contribution is -2.04. The standard InChI is InChI=1S/C16H18ClNO3/c1-10-8-13-12(4-5-15(19)20)16(17)18(6-7-21-3)14(13)9-11(10)2/h4-5,8-9H,6-7H2,1-3H3,(H,19,20)/b5-4+. The van der Waals surface area contributed by atoms with Gasteiger partial charge in [0.2, 0.25) is 0 Å². The van der Waals surface area contributed by atoms with Crippen molar-refractivity contribution in [2.24, 2.45) is 0 Å². The number of benzene rings is 1. The minimum Gasteiger partial charge on any atom is -0.478 e. The van der Waals surface area contributed by atoms with Crippen molar-refractivity contribution in [2.75, 3.05) is 13.7 Å². The number of methoxy groups -OCH3 is 1. The van der Waals surface area contributed by atoms with Crippen molar-refractivity contribution in [3.63, 3.8) is 0 Å². The number of aryl methyl sites for hydroxylation is 2. The highest BCUT2D eigenvalue weighted by molar-refractivity contribution is 6.33. The fraction of sp³-hybridized carbons (Fsp3) is 0.312. The van der Waals surface area contributed by atoms with E-state index in [0.29, 0.717) is 18.3 Å². The van der Waals surface area contributed by atoms with E-state index in [2.05, 4.69) is 6.07 Å². The lowest BCUT2D eigenvalue weighted by Gasteiger charge is -2.07. The highest BCUT2D eigenvalue weighted by atomic mass is 35.5. The largest absolute Gasteiger partial charge is 0.478 e. The zero-order valence-electron chi connectivity index (χ0n) is 12.3. The summed E-state index contributed by atoms with van der Waals surface area (Å²) in [5.41, 5.74) is 4.04. The van der Waals surface area contributed by atoms with Gasteiger partial charge in [0.1, 0.15) is 5.15 Å². The second-order valence-electron chi connectivity index (χ2n) is 4.97. The lowest BCUT2D eigenvalue weighted by molar-refractivity contribution is -0.131. The average molecular weight is 308 g/mol. The number of ether oxygens (including phenoxy) is 1. The summed E-state index contributed by atoms with van der Waals surface area (Å²) in [6.07, 6.45) is 2.65. The van der Waals surface area contributed by atoms with Crippen LogP contribution in [0.4, 0.5) is 0 Å². The summed E-state index contributed by atoms with van der Waals surface area (Å²) in [5, 5.41) is 10.3. The maximum atomic E-state index is 10.8. The molecule has 112 valence electrons. The van der Waals surface area contributed by atoms with Crippen molar-refractivity contribution < 1.29 is 14.6 Å². The molecule has 5 heteroatoms. The molecule has 0 radical (unpaired) electrons. The fourth-order valence-electron chi connectivity index (χ4n) is 2.32. The smallest absolute Gasteiger partial charge is 0.328 e. The summed E-state index contributed by atoms with van der Waals surface area (Å²) in [4.78, 5) is 10.8. The molecule has 0 bridgehead atoms. The van der Waals surface area contributed by atoms with Gasteiger partial charge in [-0.15, -0.1) is 0 Å². The Labute approximate surface area is 128 Å². The number of halogens is 1. The second-order valence-corrected chi connectivity index (χ2v) is 5.33. The van der Waals surface area contributed by atoms with Crippen LogP contribution >= 0.6 is 11.6 Å². The SMILES string of the molecule is COCCn1c(Cl)c(/C=C/C(=O)O)c2cc(C)c(C)cc21. The van der Waals surface area contributed by atoms with Gasteiger partial charge in [-0.3, -0.25) is 0 Å². The summed E-state index contributed by atoms with van der Waals surface area (Å²) < 4.78 is 7.07. The minimum atomic E-state index is -0.993. The summed E-state index contributed by atoms with van der Waals surface area (Å²) in [6, 6.07) is 4.12. The first-order valence-corrected chi connectivity index (χ1v) is 7.02. The third kappa shape index (κ3) is 3.12. The van der Waals surface area contributed by atoms with Gasteiger partial charge in [0.15, 0.2) is 0 Å². The fourth-order valence-corrected chi connectivity index (χ4v) is 2.66. The molecular formula is C16H18ClNO3. The lowest BCUT2D eigenvalue weighted by atomic mass is 10.1. The summed E-state index contributed by atoms with van der Waals surface area (Å²) in [7, 11) is 1.64. The van der Waals surface area contributed by atoms with E-state index in [4.69, 9.17) is 21.4 Å². The monoisotopic (exact) mass is 307 g/mol.